The summed E-state index contributed by atoms with van der Waals surface area (Å²) in [6, 6.07) is -0.0657. The van der Waals surface area contributed by atoms with Gasteiger partial charge in [0.1, 0.15) is 0 Å². The molecule has 0 rings (SSSR count). The van der Waals surface area contributed by atoms with Crippen LogP contribution in [0.1, 0.15) is 6.92 Å². The van der Waals surface area contributed by atoms with Crippen molar-refractivity contribution in [1.82, 2.24) is 10.6 Å². The van der Waals surface area contributed by atoms with Crippen molar-refractivity contribution in [2.45, 2.75) is 13.0 Å². The average molecular weight is 296 g/mol. The number of rotatable bonds is 5. The highest BCUT2D eigenvalue weighted by Crippen LogP contribution is 1.82. The number of amides is 2. The number of carbonyl (C=O) groups is 2. The summed E-state index contributed by atoms with van der Waals surface area (Å²) in [6.45, 7) is 5.36. The van der Waals surface area contributed by atoms with Crippen molar-refractivity contribution >= 4 is 34.4 Å². The molecule has 0 radical (unpaired) electrons. The van der Waals surface area contributed by atoms with Gasteiger partial charge in [-0.1, -0.05) is 28.7 Å². The van der Waals surface area contributed by atoms with E-state index in [1.807, 2.05) is 29.5 Å². The molecule has 0 aliphatic carbocycles. The van der Waals surface area contributed by atoms with Crippen LogP contribution in [0.2, 0.25) is 0 Å². The molecule has 0 aliphatic rings. The molecule has 0 heterocycles. The molecule has 4 nitrogen and oxygen atoms in total. The Morgan fingerprint density at radius 1 is 1.54 bits per heavy atom. The second kappa shape index (κ2) is 6.88. The summed E-state index contributed by atoms with van der Waals surface area (Å²) in [6.07, 6.45) is 1.62. The maximum Gasteiger partial charge on any atom is 0.239 e. The molecule has 0 fully saturated rings. The van der Waals surface area contributed by atoms with Crippen LogP contribution in [0.25, 0.3) is 0 Å². The number of halogens is 1. The molecule has 0 spiro atoms. The highest BCUT2D eigenvalue weighted by molar-refractivity contribution is 14.1. The normalized spacial score (nSPS) is 11.5. The average Bonchev–Trinajstić information content (AvgIpc) is 2.13. The number of carbonyl (C=O) groups excluding carboxylic acids is 2. The van der Waals surface area contributed by atoms with Gasteiger partial charge in [0, 0.05) is 6.04 Å². The van der Waals surface area contributed by atoms with Gasteiger partial charge in [-0.3, -0.25) is 9.59 Å². The Bertz CT molecular complexity index is 206. The highest BCUT2D eigenvalue weighted by atomic mass is 127. The summed E-state index contributed by atoms with van der Waals surface area (Å²) in [7, 11) is 0. The maximum absolute atomic E-state index is 11.1. The van der Waals surface area contributed by atoms with Crippen molar-refractivity contribution in [3.8, 4) is 0 Å². The van der Waals surface area contributed by atoms with Crippen LogP contribution in [0.15, 0.2) is 12.7 Å². The maximum atomic E-state index is 11.1. The lowest BCUT2D eigenvalue weighted by Crippen LogP contribution is -2.40. The number of alkyl halides is 1. The minimum atomic E-state index is -0.203. The zero-order valence-electron chi connectivity index (χ0n) is 7.47. The van der Waals surface area contributed by atoms with E-state index in [0.29, 0.717) is 4.43 Å². The van der Waals surface area contributed by atoms with Crippen LogP contribution in [0.4, 0.5) is 0 Å². The first-order chi connectivity index (χ1) is 6.10. The molecule has 0 bridgehead atoms. The van der Waals surface area contributed by atoms with Crippen molar-refractivity contribution in [1.29, 1.82) is 0 Å². The minimum Gasteiger partial charge on any atom is -0.349 e. The monoisotopic (exact) mass is 296 g/mol. The van der Waals surface area contributed by atoms with Crippen LogP contribution in [-0.2, 0) is 9.59 Å². The summed E-state index contributed by atoms with van der Waals surface area (Å²) in [5.41, 5.74) is 0. The van der Waals surface area contributed by atoms with Gasteiger partial charge >= 0.3 is 0 Å². The molecule has 0 saturated heterocycles. The third-order valence-electron chi connectivity index (χ3n) is 1.31. The van der Waals surface area contributed by atoms with Gasteiger partial charge in [-0.25, -0.2) is 0 Å². The Balaban J connectivity index is 3.63. The Kier molecular flexibility index (Phi) is 6.56. The molecule has 0 aromatic rings. The highest BCUT2D eigenvalue weighted by Gasteiger charge is 2.05. The Morgan fingerprint density at radius 3 is 2.62 bits per heavy atom. The number of hydrogen-bond donors (Lipinski definition) is 2. The summed E-state index contributed by atoms with van der Waals surface area (Å²) < 4.78 is 0.363. The fourth-order valence-electron chi connectivity index (χ4n) is 0.590. The lowest BCUT2D eigenvalue weighted by molar-refractivity contribution is -0.124. The SMILES string of the molecule is C=CC(C)NC(=O)CNC(=O)CI. The van der Waals surface area contributed by atoms with Crippen molar-refractivity contribution < 1.29 is 9.59 Å². The number of nitrogens with one attached hydrogen (secondary N) is 2. The molecule has 0 aromatic heterocycles. The molecular formula is C8H13IN2O2. The van der Waals surface area contributed by atoms with E-state index in [1.54, 1.807) is 6.08 Å². The second-order valence-corrected chi connectivity index (χ2v) is 3.27. The van der Waals surface area contributed by atoms with Crippen LogP contribution in [0, 0.1) is 0 Å². The van der Waals surface area contributed by atoms with Crippen molar-refractivity contribution in [2.24, 2.45) is 0 Å². The van der Waals surface area contributed by atoms with Crippen LogP contribution in [0.5, 0.6) is 0 Å². The molecule has 0 aromatic carbocycles. The van der Waals surface area contributed by atoms with E-state index in [9.17, 15) is 9.59 Å². The summed E-state index contributed by atoms with van der Waals surface area (Å²) in [5, 5.41) is 5.10. The van der Waals surface area contributed by atoms with E-state index >= 15 is 0 Å². The van der Waals surface area contributed by atoms with Crippen molar-refractivity contribution in [3.63, 3.8) is 0 Å². The van der Waals surface area contributed by atoms with E-state index in [0.717, 1.165) is 0 Å². The zero-order valence-corrected chi connectivity index (χ0v) is 9.63. The summed E-state index contributed by atoms with van der Waals surface area (Å²) >= 11 is 1.93. The zero-order chi connectivity index (χ0) is 10.3. The molecule has 1 atom stereocenters. The van der Waals surface area contributed by atoms with Gasteiger partial charge in [-0.05, 0) is 6.92 Å². The summed E-state index contributed by atoms with van der Waals surface area (Å²) in [4.78, 5) is 21.8. The van der Waals surface area contributed by atoms with Crippen molar-refractivity contribution in [2.75, 3.05) is 11.0 Å². The van der Waals surface area contributed by atoms with Crippen LogP contribution >= 0.6 is 22.6 Å². The first kappa shape index (κ1) is 12.4. The fraction of sp³-hybridized carbons (Fsp3) is 0.500. The quantitative estimate of drug-likeness (QED) is 0.433. The van der Waals surface area contributed by atoms with E-state index in [4.69, 9.17) is 0 Å². The molecule has 5 heteroatoms. The van der Waals surface area contributed by atoms with Gasteiger partial charge in [-0.2, -0.15) is 0 Å². The third-order valence-corrected chi connectivity index (χ3v) is 2.00. The largest absolute Gasteiger partial charge is 0.349 e. The predicted octanol–water partition coefficient (Wildman–Crippen LogP) is 0.228. The molecule has 13 heavy (non-hydrogen) atoms. The molecule has 2 amide bonds. The first-order valence-corrected chi connectivity index (χ1v) is 5.37. The van der Waals surface area contributed by atoms with Gasteiger partial charge in [-0.15, -0.1) is 6.58 Å². The molecule has 2 N–H and O–H groups in total. The van der Waals surface area contributed by atoms with Crippen LogP contribution in [0.3, 0.4) is 0 Å². The number of hydrogen-bond acceptors (Lipinski definition) is 2. The lowest BCUT2D eigenvalue weighted by atomic mass is 10.3. The fourth-order valence-corrected chi connectivity index (χ4v) is 0.860. The molecule has 74 valence electrons. The third kappa shape index (κ3) is 6.56. The van der Waals surface area contributed by atoms with E-state index in [1.165, 1.54) is 0 Å². The molecule has 1 unspecified atom stereocenters. The Hall–Kier alpha value is -0.590. The van der Waals surface area contributed by atoms with E-state index < -0.39 is 0 Å². The first-order valence-electron chi connectivity index (χ1n) is 3.84. The molecule has 0 saturated carbocycles. The van der Waals surface area contributed by atoms with Gasteiger partial charge in [0.15, 0.2) is 0 Å². The van der Waals surface area contributed by atoms with Crippen molar-refractivity contribution in [3.05, 3.63) is 12.7 Å². The van der Waals surface area contributed by atoms with Gasteiger partial charge in [0.25, 0.3) is 0 Å². The topological polar surface area (TPSA) is 58.2 Å². The Morgan fingerprint density at radius 2 is 2.15 bits per heavy atom. The predicted molar refractivity (Wildman–Crippen MR) is 59.7 cm³/mol. The van der Waals surface area contributed by atoms with E-state index in [2.05, 4.69) is 17.2 Å². The van der Waals surface area contributed by atoms with Gasteiger partial charge in [0.05, 0.1) is 11.0 Å². The second-order valence-electron chi connectivity index (χ2n) is 2.50. The van der Waals surface area contributed by atoms with E-state index in [-0.39, 0.29) is 24.4 Å². The lowest BCUT2D eigenvalue weighted by Gasteiger charge is -2.09. The van der Waals surface area contributed by atoms with Gasteiger partial charge in [0.2, 0.25) is 11.8 Å². The van der Waals surface area contributed by atoms with Crippen LogP contribution < -0.4 is 10.6 Å². The van der Waals surface area contributed by atoms with Crippen LogP contribution in [-0.4, -0.2) is 28.8 Å². The Labute approximate surface area is 91.3 Å². The minimum absolute atomic E-state index is 0.0278. The molecular weight excluding hydrogens is 283 g/mol. The smallest absolute Gasteiger partial charge is 0.239 e. The standard InChI is InChI=1S/C8H13IN2O2/c1-3-6(2)11-8(13)5-10-7(12)4-9/h3,6H,1,4-5H2,2H3,(H,10,12)(H,11,13). The summed E-state index contributed by atoms with van der Waals surface area (Å²) in [5.74, 6) is -0.340. The molecule has 0 aliphatic heterocycles. The van der Waals surface area contributed by atoms with Gasteiger partial charge < -0.3 is 10.6 Å².